The maximum Gasteiger partial charge on any atom is 0.0130 e. The molecule has 0 fully saturated rings. The van der Waals surface area contributed by atoms with Gasteiger partial charge in [0.25, 0.3) is 0 Å². The highest BCUT2D eigenvalue weighted by molar-refractivity contribution is 4.83. The molecule has 1 N–H and O–H groups in total. The molecule has 0 aromatic carbocycles. The minimum Gasteiger partial charge on any atom is -0.312 e. The van der Waals surface area contributed by atoms with Gasteiger partial charge in [-0.3, -0.25) is 0 Å². The third kappa shape index (κ3) is 8.92. The van der Waals surface area contributed by atoms with E-state index in [0.717, 1.165) is 12.5 Å². The first-order chi connectivity index (χ1) is 6.66. The highest BCUT2D eigenvalue weighted by Gasteiger charge is 2.24. The summed E-state index contributed by atoms with van der Waals surface area (Å²) in [5.74, 6) is 0.800. The van der Waals surface area contributed by atoms with Gasteiger partial charge in [-0.05, 0) is 44.6 Å². The number of hydrogen-bond acceptors (Lipinski definition) is 1. The van der Waals surface area contributed by atoms with E-state index in [4.69, 9.17) is 0 Å². The van der Waals surface area contributed by atoms with Crippen LogP contribution in [0.2, 0.25) is 0 Å². The fourth-order valence-electron chi connectivity index (χ4n) is 2.43. The standard InChI is InChI=1S/C14H31N/c1-8-9-12(2)10-15-14(6,7)11-13(3,4)5/h12,15H,8-11H2,1-7H3. The van der Waals surface area contributed by atoms with Crippen molar-refractivity contribution in [3.05, 3.63) is 0 Å². The first kappa shape index (κ1) is 15.0. The van der Waals surface area contributed by atoms with E-state index in [-0.39, 0.29) is 5.54 Å². The van der Waals surface area contributed by atoms with Crippen LogP contribution in [0, 0.1) is 11.3 Å². The second-order valence-corrected chi connectivity index (χ2v) is 6.90. The van der Waals surface area contributed by atoms with Crippen molar-refractivity contribution in [2.45, 2.75) is 73.3 Å². The van der Waals surface area contributed by atoms with Gasteiger partial charge in [0.2, 0.25) is 0 Å². The van der Waals surface area contributed by atoms with E-state index in [0.29, 0.717) is 5.41 Å². The van der Waals surface area contributed by atoms with E-state index >= 15 is 0 Å². The van der Waals surface area contributed by atoms with Gasteiger partial charge < -0.3 is 5.32 Å². The highest BCUT2D eigenvalue weighted by atomic mass is 15.0. The minimum atomic E-state index is 0.264. The van der Waals surface area contributed by atoms with Crippen LogP contribution in [0.4, 0.5) is 0 Å². The summed E-state index contributed by atoms with van der Waals surface area (Å²) in [7, 11) is 0. The molecule has 0 aliphatic rings. The van der Waals surface area contributed by atoms with Crippen LogP contribution >= 0.6 is 0 Å². The van der Waals surface area contributed by atoms with Crippen molar-refractivity contribution in [3.8, 4) is 0 Å². The maximum atomic E-state index is 3.70. The largest absolute Gasteiger partial charge is 0.312 e. The van der Waals surface area contributed by atoms with Crippen LogP contribution in [0.5, 0.6) is 0 Å². The molecule has 0 spiro atoms. The quantitative estimate of drug-likeness (QED) is 0.696. The molecule has 1 atom stereocenters. The molecule has 0 radical (unpaired) electrons. The van der Waals surface area contributed by atoms with Gasteiger partial charge in [-0.25, -0.2) is 0 Å². The fraction of sp³-hybridized carbons (Fsp3) is 1.00. The maximum absolute atomic E-state index is 3.70. The summed E-state index contributed by atoms with van der Waals surface area (Å²) in [5, 5.41) is 3.70. The van der Waals surface area contributed by atoms with Crippen LogP contribution in [0.3, 0.4) is 0 Å². The lowest BCUT2D eigenvalue weighted by molar-refractivity contribution is 0.232. The molecule has 0 aliphatic heterocycles. The Hall–Kier alpha value is -0.0400. The van der Waals surface area contributed by atoms with Crippen LogP contribution in [-0.2, 0) is 0 Å². The monoisotopic (exact) mass is 213 g/mol. The molecule has 0 rings (SSSR count). The van der Waals surface area contributed by atoms with Crippen LogP contribution < -0.4 is 5.32 Å². The Morgan fingerprint density at radius 2 is 1.60 bits per heavy atom. The Balaban J connectivity index is 3.93. The third-order valence-electron chi connectivity index (χ3n) is 2.68. The van der Waals surface area contributed by atoms with E-state index in [1.165, 1.54) is 19.3 Å². The Labute approximate surface area is 97.0 Å². The van der Waals surface area contributed by atoms with Gasteiger partial charge in [-0.1, -0.05) is 41.0 Å². The molecule has 1 heteroatoms. The van der Waals surface area contributed by atoms with E-state index in [1.807, 2.05) is 0 Å². The summed E-state index contributed by atoms with van der Waals surface area (Å²) in [6, 6.07) is 0. The van der Waals surface area contributed by atoms with Crippen LogP contribution in [0.1, 0.15) is 67.7 Å². The lowest BCUT2D eigenvalue weighted by Gasteiger charge is -2.34. The first-order valence-corrected chi connectivity index (χ1v) is 6.41. The zero-order chi connectivity index (χ0) is 12.1. The third-order valence-corrected chi connectivity index (χ3v) is 2.68. The zero-order valence-electron chi connectivity index (χ0n) is 11.9. The summed E-state index contributed by atoms with van der Waals surface area (Å²) in [6.45, 7) is 17.3. The molecule has 0 saturated heterocycles. The molecule has 0 aromatic rings. The summed E-state index contributed by atoms with van der Waals surface area (Å²) in [6.07, 6.45) is 3.85. The lowest BCUT2D eigenvalue weighted by Crippen LogP contribution is -2.44. The fourth-order valence-corrected chi connectivity index (χ4v) is 2.43. The van der Waals surface area contributed by atoms with Crippen LogP contribution in [0.25, 0.3) is 0 Å². The Kier molecular flexibility index (Phi) is 5.87. The SMILES string of the molecule is CCCC(C)CNC(C)(C)CC(C)(C)C. The van der Waals surface area contributed by atoms with Crippen molar-refractivity contribution < 1.29 is 0 Å². The molecule has 92 valence electrons. The predicted molar refractivity (Wildman–Crippen MR) is 70.2 cm³/mol. The van der Waals surface area contributed by atoms with Crippen molar-refractivity contribution in [2.75, 3.05) is 6.54 Å². The van der Waals surface area contributed by atoms with Crippen molar-refractivity contribution in [1.29, 1.82) is 0 Å². The van der Waals surface area contributed by atoms with Gasteiger partial charge >= 0.3 is 0 Å². The molecule has 1 nitrogen and oxygen atoms in total. The molecular formula is C14H31N. The molecule has 0 amide bonds. The number of nitrogens with one attached hydrogen (secondary N) is 1. The van der Waals surface area contributed by atoms with Crippen molar-refractivity contribution in [1.82, 2.24) is 5.32 Å². The second kappa shape index (κ2) is 5.89. The van der Waals surface area contributed by atoms with E-state index in [2.05, 4.69) is 53.8 Å². The average Bonchev–Trinajstić information content (AvgIpc) is 1.97. The highest BCUT2D eigenvalue weighted by Crippen LogP contribution is 2.26. The van der Waals surface area contributed by atoms with Crippen LogP contribution in [-0.4, -0.2) is 12.1 Å². The number of hydrogen-bond donors (Lipinski definition) is 1. The topological polar surface area (TPSA) is 12.0 Å². The minimum absolute atomic E-state index is 0.264. The Morgan fingerprint density at radius 3 is 2.00 bits per heavy atom. The summed E-state index contributed by atoms with van der Waals surface area (Å²) in [5.41, 5.74) is 0.671. The van der Waals surface area contributed by atoms with E-state index in [1.54, 1.807) is 0 Å². The summed E-state index contributed by atoms with van der Waals surface area (Å²) in [4.78, 5) is 0. The zero-order valence-corrected chi connectivity index (χ0v) is 11.9. The molecule has 15 heavy (non-hydrogen) atoms. The molecule has 0 bridgehead atoms. The number of rotatable bonds is 6. The molecule has 0 heterocycles. The molecule has 0 aliphatic carbocycles. The predicted octanol–water partition coefficient (Wildman–Crippen LogP) is 4.23. The Morgan fingerprint density at radius 1 is 1.07 bits per heavy atom. The van der Waals surface area contributed by atoms with Gasteiger partial charge in [-0.15, -0.1) is 0 Å². The van der Waals surface area contributed by atoms with Gasteiger partial charge in [0.05, 0.1) is 0 Å². The van der Waals surface area contributed by atoms with E-state index < -0.39 is 0 Å². The molecule has 1 unspecified atom stereocenters. The van der Waals surface area contributed by atoms with Crippen molar-refractivity contribution in [3.63, 3.8) is 0 Å². The Bertz CT molecular complexity index is 165. The van der Waals surface area contributed by atoms with Gasteiger partial charge in [-0.2, -0.15) is 0 Å². The molecule has 0 aromatic heterocycles. The molecular weight excluding hydrogens is 182 g/mol. The van der Waals surface area contributed by atoms with E-state index in [9.17, 15) is 0 Å². The average molecular weight is 213 g/mol. The normalized spacial score (nSPS) is 15.4. The van der Waals surface area contributed by atoms with Crippen LogP contribution in [0.15, 0.2) is 0 Å². The van der Waals surface area contributed by atoms with Gasteiger partial charge in [0, 0.05) is 5.54 Å². The first-order valence-electron chi connectivity index (χ1n) is 6.41. The summed E-state index contributed by atoms with van der Waals surface area (Å²) >= 11 is 0. The smallest absolute Gasteiger partial charge is 0.0130 e. The van der Waals surface area contributed by atoms with Crippen molar-refractivity contribution in [2.24, 2.45) is 11.3 Å². The molecule has 0 saturated carbocycles. The lowest BCUT2D eigenvalue weighted by atomic mass is 9.81. The van der Waals surface area contributed by atoms with Gasteiger partial charge in [0.15, 0.2) is 0 Å². The summed E-state index contributed by atoms with van der Waals surface area (Å²) < 4.78 is 0. The van der Waals surface area contributed by atoms with Crippen molar-refractivity contribution >= 4 is 0 Å². The van der Waals surface area contributed by atoms with Gasteiger partial charge in [0.1, 0.15) is 0 Å². The second-order valence-electron chi connectivity index (χ2n) is 6.90.